The van der Waals surface area contributed by atoms with Gasteiger partial charge >= 0.3 is 5.97 Å². The van der Waals surface area contributed by atoms with E-state index < -0.39 is 11.6 Å². The number of carbonyl (C=O) groups is 1. The zero-order valence-corrected chi connectivity index (χ0v) is 10.4. The summed E-state index contributed by atoms with van der Waals surface area (Å²) >= 11 is 0. The number of nitrogens with one attached hydrogen (secondary N) is 1. The number of aliphatic carboxylic acids is 1. The van der Waals surface area contributed by atoms with Crippen LogP contribution >= 0.6 is 0 Å². The van der Waals surface area contributed by atoms with E-state index in [1.807, 2.05) is 12.1 Å². The average molecular weight is 253 g/mol. The molecule has 0 fully saturated rings. The molecule has 0 spiro atoms. The van der Waals surface area contributed by atoms with Gasteiger partial charge in [-0.25, -0.2) is 0 Å². The number of aliphatic hydroxyl groups excluding tert-OH is 1. The molecule has 0 aliphatic heterocycles. The first-order valence-electron chi connectivity index (χ1n) is 5.76. The molecular weight excluding hydrogens is 234 g/mol. The van der Waals surface area contributed by atoms with E-state index >= 15 is 0 Å². The molecule has 1 aromatic rings. The topological polar surface area (TPSA) is 89.8 Å². The highest BCUT2D eigenvalue weighted by Gasteiger charge is 2.17. The molecule has 5 nitrogen and oxygen atoms in total. The van der Waals surface area contributed by atoms with E-state index in [1.165, 1.54) is 0 Å². The lowest BCUT2D eigenvalue weighted by molar-refractivity contribution is -0.136. The monoisotopic (exact) mass is 253 g/mol. The van der Waals surface area contributed by atoms with E-state index in [0.717, 1.165) is 11.1 Å². The molecule has 1 atom stereocenters. The van der Waals surface area contributed by atoms with Crippen LogP contribution < -0.4 is 5.32 Å². The van der Waals surface area contributed by atoms with Gasteiger partial charge in [-0.3, -0.25) is 4.79 Å². The molecule has 0 heterocycles. The number of carboxylic acids is 1. The molecule has 5 heteroatoms. The normalized spacial score (nSPS) is 14.2. The minimum atomic E-state index is -1.12. The van der Waals surface area contributed by atoms with Crippen molar-refractivity contribution < 1.29 is 20.1 Å². The van der Waals surface area contributed by atoms with Crippen molar-refractivity contribution in [1.29, 1.82) is 0 Å². The third-order valence-electron chi connectivity index (χ3n) is 2.55. The Bertz CT molecular complexity index is 386. The molecular formula is C13H19NO4. The van der Waals surface area contributed by atoms with Crippen molar-refractivity contribution in [2.24, 2.45) is 0 Å². The summed E-state index contributed by atoms with van der Waals surface area (Å²) in [5.74, 6) is -0.847. The Hall–Kier alpha value is -1.43. The number of carboxylic acid groups (broad SMARTS) is 1. The standard InChI is InChI=1S/C13H19NO4/c1-13(18,9-15)8-14-7-11-4-2-10(3-5-11)6-12(16)17/h2-5,14-15,18H,6-9H2,1H3,(H,16,17). The van der Waals surface area contributed by atoms with Crippen LogP contribution in [-0.2, 0) is 17.8 Å². The second kappa shape index (κ2) is 6.49. The predicted octanol–water partition coefficient (Wildman–Crippen LogP) is 0.147. The van der Waals surface area contributed by atoms with Crippen LogP contribution in [0.2, 0.25) is 0 Å². The molecule has 1 rings (SSSR count). The Morgan fingerprint density at radius 1 is 1.28 bits per heavy atom. The lowest BCUT2D eigenvalue weighted by Gasteiger charge is -2.20. The van der Waals surface area contributed by atoms with Gasteiger partial charge in [0.25, 0.3) is 0 Å². The van der Waals surface area contributed by atoms with Gasteiger partial charge in [-0.1, -0.05) is 24.3 Å². The molecule has 4 N–H and O–H groups in total. The van der Waals surface area contributed by atoms with Crippen molar-refractivity contribution in [2.75, 3.05) is 13.2 Å². The van der Waals surface area contributed by atoms with E-state index in [1.54, 1.807) is 19.1 Å². The maximum absolute atomic E-state index is 10.5. The van der Waals surface area contributed by atoms with Crippen LogP contribution in [0.5, 0.6) is 0 Å². The summed E-state index contributed by atoms with van der Waals surface area (Å²) in [5.41, 5.74) is 0.634. The Morgan fingerprint density at radius 3 is 2.33 bits per heavy atom. The minimum Gasteiger partial charge on any atom is -0.481 e. The van der Waals surface area contributed by atoms with Crippen LogP contribution in [-0.4, -0.2) is 40.0 Å². The molecule has 0 bridgehead atoms. The fraction of sp³-hybridized carbons (Fsp3) is 0.462. The van der Waals surface area contributed by atoms with Crippen molar-refractivity contribution in [3.8, 4) is 0 Å². The van der Waals surface area contributed by atoms with E-state index in [9.17, 15) is 9.90 Å². The number of aliphatic hydroxyl groups is 2. The number of benzene rings is 1. The van der Waals surface area contributed by atoms with Gasteiger partial charge in [-0.2, -0.15) is 0 Å². The summed E-state index contributed by atoms with van der Waals surface area (Å²) in [7, 11) is 0. The van der Waals surface area contributed by atoms with Gasteiger partial charge in [0.2, 0.25) is 0 Å². The highest BCUT2D eigenvalue weighted by molar-refractivity contribution is 5.70. The molecule has 0 saturated heterocycles. The molecule has 100 valence electrons. The molecule has 0 aromatic heterocycles. The molecule has 0 saturated carbocycles. The van der Waals surface area contributed by atoms with Gasteiger partial charge in [-0.15, -0.1) is 0 Å². The third kappa shape index (κ3) is 5.27. The molecule has 1 unspecified atom stereocenters. The summed E-state index contributed by atoms with van der Waals surface area (Å²) in [6.07, 6.45) is 0.0208. The first-order chi connectivity index (χ1) is 8.43. The second-order valence-corrected chi connectivity index (χ2v) is 4.65. The first kappa shape index (κ1) is 14.6. The smallest absolute Gasteiger partial charge is 0.307 e. The molecule has 0 amide bonds. The zero-order chi connectivity index (χ0) is 13.6. The van der Waals surface area contributed by atoms with Gasteiger partial charge in [0.05, 0.1) is 18.6 Å². The van der Waals surface area contributed by atoms with E-state index in [-0.39, 0.29) is 13.0 Å². The Labute approximate surface area is 106 Å². The summed E-state index contributed by atoms with van der Waals surface area (Å²) in [4.78, 5) is 10.5. The lowest BCUT2D eigenvalue weighted by Crippen LogP contribution is -2.40. The van der Waals surface area contributed by atoms with E-state index in [0.29, 0.717) is 13.1 Å². The molecule has 1 aromatic carbocycles. The van der Waals surface area contributed by atoms with Gasteiger partial charge in [-0.05, 0) is 18.1 Å². The highest BCUT2D eigenvalue weighted by atomic mass is 16.4. The largest absolute Gasteiger partial charge is 0.481 e. The maximum atomic E-state index is 10.5. The number of rotatable bonds is 7. The van der Waals surface area contributed by atoms with Crippen LogP contribution in [0, 0.1) is 0 Å². The summed E-state index contributed by atoms with van der Waals surface area (Å²) in [5, 5.41) is 30.1. The van der Waals surface area contributed by atoms with Crippen LogP contribution in [0.3, 0.4) is 0 Å². The number of hydrogen-bond donors (Lipinski definition) is 4. The fourth-order valence-corrected chi connectivity index (χ4v) is 1.48. The zero-order valence-electron chi connectivity index (χ0n) is 10.4. The van der Waals surface area contributed by atoms with Gasteiger partial charge < -0.3 is 20.6 Å². The van der Waals surface area contributed by atoms with Crippen LogP contribution in [0.15, 0.2) is 24.3 Å². The van der Waals surface area contributed by atoms with Crippen molar-refractivity contribution in [3.05, 3.63) is 35.4 Å². The number of hydrogen-bond acceptors (Lipinski definition) is 4. The van der Waals surface area contributed by atoms with Gasteiger partial charge in [0.15, 0.2) is 0 Å². The maximum Gasteiger partial charge on any atom is 0.307 e. The molecule has 0 aliphatic carbocycles. The quantitative estimate of drug-likeness (QED) is 0.555. The Morgan fingerprint density at radius 2 is 1.83 bits per heavy atom. The molecule has 0 radical (unpaired) electrons. The Balaban J connectivity index is 2.42. The van der Waals surface area contributed by atoms with E-state index in [4.69, 9.17) is 10.2 Å². The lowest BCUT2D eigenvalue weighted by atomic mass is 10.1. The van der Waals surface area contributed by atoms with Crippen LogP contribution in [0.4, 0.5) is 0 Å². The third-order valence-corrected chi connectivity index (χ3v) is 2.55. The van der Waals surface area contributed by atoms with Crippen molar-refractivity contribution in [2.45, 2.75) is 25.5 Å². The summed E-state index contributed by atoms with van der Waals surface area (Å²) in [6.45, 7) is 2.11. The van der Waals surface area contributed by atoms with Crippen molar-refractivity contribution >= 4 is 5.97 Å². The van der Waals surface area contributed by atoms with Crippen LogP contribution in [0.25, 0.3) is 0 Å². The van der Waals surface area contributed by atoms with Crippen molar-refractivity contribution in [1.82, 2.24) is 5.32 Å². The molecule has 18 heavy (non-hydrogen) atoms. The van der Waals surface area contributed by atoms with Crippen molar-refractivity contribution in [3.63, 3.8) is 0 Å². The minimum absolute atomic E-state index is 0.0208. The first-order valence-corrected chi connectivity index (χ1v) is 5.76. The van der Waals surface area contributed by atoms with Gasteiger partial charge in [0, 0.05) is 13.1 Å². The van der Waals surface area contributed by atoms with Gasteiger partial charge in [0.1, 0.15) is 0 Å². The average Bonchev–Trinajstić information content (AvgIpc) is 2.30. The Kier molecular flexibility index (Phi) is 5.27. The summed E-state index contributed by atoms with van der Waals surface area (Å²) in [6, 6.07) is 7.24. The van der Waals surface area contributed by atoms with E-state index in [2.05, 4.69) is 5.32 Å². The molecule has 0 aliphatic rings. The van der Waals surface area contributed by atoms with Crippen LogP contribution in [0.1, 0.15) is 18.1 Å². The summed E-state index contributed by atoms with van der Waals surface area (Å²) < 4.78 is 0. The predicted molar refractivity (Wildman–Crippen MR) is 67.2 cm³/mol. The second-order valence-electron chi connectivity index (χ2n) is 4.65. The fourth-order valence-electron chi connectivity index (χ4n) is 1.48. The highest BCUT2D eigenvalue weighted by Crippen LogP contribution is 2.06. The SMILES string of the molecule is CC(O)(CO)CNCc1ccc(CC(=O)O)cc1.